The van der Waals surface area contributed by atoms with Gasteiger partial charge in [0.2, 0.25) is 27.6 Å². The highest BCUT2D eigenvalue weighted by molar-refractivity contribution is 7.89. The van der Waals surface area contributed by atoms with E-state index in [9.17, 15) is 37.5 Å². The first kappa shape index (κ1) is 42.9. The van der Waals surface area contributed by atoms with Gasteiger partial charge < -0.3 is 31.1 Å². The average molecular weight is 801 g/mol. The molecule has 5 rings (SSSR count). The first-order valence-corrected chi connectivity index (χ1v) is 21.0. The van der Waals surface area contributed by atoms with E-state index in [1.165, 1.54) is 47.0 Å². The fraction of sp³-hybridized carbons (Fsp3) is 0.658. The van der Waals surface area contributed by atoms with Gasteiger partial charge in [-0.15, -0.1) is 5.10 Å². The molecular weight excluding hydrogens is 745 g/mol. The van der Waals surface area contributed by atoms with Gasteiger partial charge in [0.05, 0.1) is 22.8 Å². The van der Waals surface area contributed by atoms with E-state index in [0.717, 1.165) is 44.9 Å². The molecule has 2 heterocycles. The molecule has 3 fully saturated rings. The number of hydrogen-bond acceptors (Lipinski definition) is 11. The van der Waals surface area contributed by atoms with Crippen LogP contribution in [0.25, 0.3) is 0 Å². The van der Waals surface area contributed by atoms with Gasteiger partial charge in [0, 0.05) is 44.2 Å². The topological polar surface area (TPSA) is 245 Å². The molecule has 1 unspecified atom stereocenters. The zero-order chi connectivity index (χ0) is 40.8. The number of aromatic nitrogens is 3. The van der Waals surface area contributed by atoms with Crippen molar-refractivity contribution < 1.29 is 42.2 Å². The van der Waals surface area contributed by atoms with Crippen molar-refractivity contribution in [3.8, 4) is 0 Å². The summed E-state index contributed by atoms with van der Waals surface area (Å²) < 4.78 is 35.1. The summed E-state index contributed by atoms with van der Waals surface area (Å²) in [7, 11) is -3.75. The van der Waals surface area contributed by atoms with Gasteiger partial charge in [-0.05, 0) is 76.6 Å². The van der Waals surface area contributed by atoms with Crippen LogP contribution in [0.15, 0.2) is 35.4 Å². The fourth-order valence-corrected chi connectivity index (χ4v) is 8.82. The molecule has 4 atom stereocenters. The number of ether oxygens (including phenoxy) is 1. The van der Waals surface area contributed by atoms with Gasteiger partial charge in [-0.2, -0.15) is 0 Å². The summed E-state index contributed by atoms with van der Waals surface area (Å²) >= 11 is 0. The van der Waals surface area contributed by atoms with Gasteiger partial charge in [0.25, 0.3) is 11.8 Å². The van der Waals surface area contributed by atoms with E-state index in [2.05, 4.69) is 25.7 Å². The van der Waals surface area contributed by atoms with Crippen molar-refractivity contribution in [2.24, 2.45) is 11.7 Å². The van der Waals surface area contributed by atoms with E-state index in [1.54, 1.807) is 13.8 Å². The molecule has 1 aliphatic heterocycles. The number of nitrogens with one attached hydrogen (secondary N) is 3. The Hall–Kier alpha value is -4.26. The van der Waals surface area contributed by atoms with Crippen molar-refractivity contribution in [1.29, 1.82) is 0 Å². The van der Waals surface area contributed by atoms with Crippen LogP contribution in [0.5, 0.6) is 0 Å². The number of carbonyl (C=O) groups excluding carboxylic acids is 5. The third-order valence-corrected chi connectivity index (χ3v) is 12.4. The summed E-state index contributed by atoms with van der Waals surface area (Å²) in [5.74, 6) is -4.01. The zero-order valence-corrected chi connectivity index (χ0v) is 33.5. The van der Waals surface area contributed by atoms with Crippen molar-refractivity contribution >= 4 is 39.4 Å². The summed E-state index contributed by atoms with van der Waals surface area (Å²) in [5.41, 5.74) is 2.79. The molecule has 1 aromatic carbocycles. The quantitative estimate of drug-likeness (QED) is 0.101. The van der Waals surface area contributed by atoms with Gasteiger partial charge in [0.15, 0.2) is 0 Å². The lowest BCUT2D eigenvalue weighted by molar-refractivity contribution is -0.144. The number of likely N-dealkylation sites (tertiary alicyclic amines) is 1. The maximum atomic E-state index is 14.8. The largest absolute Gasteiger partial charge is 0.384 e. The minimum Gasteiger partial charge on any atom is -0.384 e. The highest BCUT2D eigenvalue weighted by Gasteiger charge is 2.47. The highest BCUT2D eigenvalue weighted by Crippen LogP contribution is 2.34. The second-order valence-corrected chi connectivity index (χ2v) is 17.8. The number of aliphatic hydroxyl groups is 1. The van der Waals surface area contributed by atoms with E-state index < -0.39 is 68.7 Å². The molecular formula is C38H56N8O9S. The van der Waals surface area contributed by atoms with E-state index in [-0.39, 0.29) is 48.4 Å². The maximum absolute atomic E-state index is 14.8. The van der Waals surface area contributed by atoms with Crippen LogP contribution in [0.2, 0.25) is 0 Å². The van der Waals surface area contributed by atoms with Gasteiger partial charge >= 0.3 is 0 Å². The Labute approximate surface area is 327 Å². The van der Waals surface area contributed by atoms with Crippen molar-refractivity contribution in [2.75, 3.05) is 19.8 Å². The second-order valence-electron chi connectivity index (χ2n) is 16.1. The Bertz CT molecular complexity index is 1850. The fourth-order valence-electron chi connectivity index (χ4n) is 7.51. The number of Topliss-reactive ketones (excluding diaryl/α,β-unsaturated/α-hetero) is 1. The Morgan fingerprint density at radius 2 is 1.70 bits per heavy atom. The second kappa shape index (κ2) is 17.9. The van der Waals surface area contributed by atoms with E-state index in [4.69, 9.17) is 10.5 Å². The Morgan fingerprint density at radius 1 is 1.02 bits per heavy atom. The molecule has 0 radical (unpaired) electrons. The lowest BCUT2D eigenvalue weighted by atomic mass is 9.84. The standard InChI is InChI=1S/C38H56N8O9S/c1-5-18-55-19-17-38(4,32(47)33(39)48)42-35(50)30-21-27(46-31(22-40-44-46)37(2,3)52)23-45(30)36(51)29(20-24-9-7-6-8-10-24)41-34(49)25-11-15-28(16-12-25)56(53,54)43-26-13-14-26/h11-12,15-16,22,24,26-27,29-30,43,52H,5-10,13-14,17-21,23H2,1-4H3,(H2,39,48)(H,41,49)(H,42,50)/t27-,29+,30-,38?/m0/s1. The van der Waals surface area contributed by atoms with Gasteiger partial charge in [0.1, 0.15) is 23.2 Å². The normalized spacial score (nSPS) is 20.9. The summed E-state index contributed by atoms with van der Waals surface area (Å²) in [6.07, 6.45) is 8.63. The van der Waals surface area contributed by atoms with E-state index in [0.29, 0.717) is 25.1 Å². The predicted octanol–water partition coefficient (Wildman–Crippen LogP) is 1.60. The van der Waals surface area contributed by atoms with E-state index >= 15 is 0 Å². The molecule has 2 aliphatic carbocycles. The lowest BCUT2D eigenvalue weighted by Crippen LogP contribution is -2.61. The van der Waals surface area contributed by atoms with Gasteiger partial charge in [-0.3, -0.25) is 24.0 Å². The Morgan fingerprint density at radius 3 is 2.30 bits per heavy atom. The highest BCUT2D eigenvalue weighted by atomic mass is 32.2. The molecule has 17 nitrogen and oxygen atoms in total. The number of hydrogen-bond donors (Lipinski definition) is 5. The van der Waals surface area contributed by atoms with Crippen molar-refractivity contribution in [2.45, 2.75) is 139 Å². The first-order valence-electron chi connectivity index (χ1n) is 19.5. The molecule has 2 aromatic rings. The molecule has 3 aliphatic rings. The number of sulfonamides is 1. The lowest BCUT2D eigenvalue weighted by Gasteiger charge is -2.34. The van der Waals surface area contributed by atoms with Crippen molar-refractivity contribution in [3.05, 3.63) is 41.7 Å². The molecule has 4 amide bonds. The van der Waals surface area contributed by atoms with Crippen molar-refractivity contribution in [3.63, 3.8) is 0 Å². The third-order valence-electron chi connectivity index (χ3n) is 10.9. The van der Waals surface area contributed by atoms with Crippen molar-refractivity contribution in [1.82, 2.24) is 35.2 Å². The molecule has 308 valence electrons. The van der Waals surface area contributed by atoms with Crippen LogP contribution in [0.3, 0.4) is 0 Å². The third kappa shape index (κ3) is 10.6. The molecule has 56 heavy (non-hydrogen) atoms. The number of rotatable bonds is 19. The summed E-state index contributed by atoms with van der Waals surface area (Å²) in [6.45, 7) is 6.82. The number of carbonyl (C=O) groups is 5. The summed E-state index contributed by atoms with van der Waals surface area (Å²) in [5, 5.41) is 24.7. The number of ketones is 1. The predicted molar refractivity (Wildman–Crippen MR) is 203 cm³/mol. The van der Waals surface area contributed by atoms with Crippen LogP contribution in [0.1, 0.15) is 120 Å². The van der Waals surface area contributed by atoms with Crippen LogP contribution in [-0.4, -0.2) is 106 Å². The maximum Gasteiger partial charge on any atom is 0.287 e. The summed E-state index contributed by atoms with van der Waals surface area (Å²) in [6, 6.07) is 2.47. The van der Waals surface area contributed by atoms with Gasteiger partial charge in [-0.25, -0.2) is 17.8 Å². The number of benzene rings is 1. The molecule has 1 saturated heterocycles. The van der Waals surface area contributed by atoms with Crippen LogP contribution in [0.4, 0.5) is 0 Å². The van der Waals surface area contributed by atoms with Crippen LogP contribution in [-0.2, 0) is 39.5 Å². The first-order chi connectivity index (χ1) is 26.4. The number of amides is 4. The average Bonchev–Trinajstić information content (AvgIpc) is 3.61. The number of nitrogens with zero attached hydrogens (tertiary/aromatic N) is 4. The minimum absolute atomic E-state index is 0.00607. The minimum atomic E-state index is -3.75. The SMILES string of the molecule is CCCOCCC(C)(NC(=O)[C@@H]1C[C@H](n2nncc2C(C)(C)O)CN1C(=O)[C@@H](CC1CCCCC1)NC(=O)c1ccc(S(=O)(=O)NC2CC2)cc1)C(=O)C(N)=O. The molecule has 0 bridgehead atoms. The van der Waals surface area contributed by atoms with Crippen LogP contribution >= 0.6 is 0 Å². The Kier molecular flexibility index (Phi) is 13.7. The smallest absolute Gasteiger partial charge is 0.287 e. The molecule has 6 N–H and O–H groups in total. The molecule has 2 saturated carbocycles. The van der Waals surface area contributed by atoms with Gasteiger partial charge in [-0.1, -0.05) is 44.2 Å². The number of nitrogens with two attached hydrogens (primary N) is 1. The molecule has 1 aromatic heterocycles. The monoisotopic (exact) mass is 800 g/mol. The summed E-state index contributed by atoms with van der Waals surface area (Å²) in [4.78, 5) is 69.6. The Balaban J connectivity index is 1.45. The van der Waals surface area contributed by atoms with Crippen LogP contribution < -0.4 is 21.1 Å². The number of primary amides is 1. The van der Waals surface area contributed by atoms with Crippen LogP contribution in [0, 0.1) is 5.92 Å². The molecule has 0 spiro atoms. The zero-order valence-electron chi connectivity index (χ0n) is 32.7. The molecule has 18 heteroatoms. The van der Waals surface area contributed by atoms with E-state index in [1.807, 2.05) is 6.92 Å².